The largest absolute Gasteiger partial charge is 0.492 e. The lowest BCUT2D eigenvalue weighted by Crippen LogP contribution is -2.44. The maximum Gasteiger partial charge on any atom is 0.416 e. The molecule has 1 aromatic carbocycles. The van der Waals surface area contributed by atoms with Gasteiger partial charge in [-0.05, 0) is 18.1 Å². The number of carbonyl (C=O) groups excluding carboxylic acids is 1. The molecular weight excluding hydrogens is 275 g/mol. The van der Waals surface area contributed by atoms with E-state index in [4.69, 9.17) is 9.84 Å². The van der Waals surface area contributed by atoms with Gasteiger partial charge in [0.2, 0.25) is 5.91 Å². The number of ether oxygens (including phenoxy) is 1. The van der Waals surface area contributed by atoms with Gasteiger partial charge in [-0.3, -0.25) is 4.79 Å². The zero-order valence-corrected chi connectivity index (χ0v) is 10.5. The molecular formula is C13H14F3NO3. The third-order valence-corrected chi connectivity index (χ3v) is 3.10. The first-order valence-corrected chi connectivity index (χ1v) is 6.11. The first-order valence-electron chi connectivity index (χ1n) is 6.11. The molecule has 1 aliphatic heterocycles. The number of carbonyl (C=O) groups is 1. The molecule has 7 heteroatoms. The van der Waals surface area contributed by atoms with Gasteiger partial charge in [0.1, 0.15) is 12.4 Å². The van der Waals surface area contributed by atoms with Crippen molar-refractivity contribution in [2.75, 3.05) is 13.2 Å². The summed E-state index contributed by atoms with van der Waals surface area (Å²) in [6, 6.07) is 7.19. The Morgan fingerprint density at radius 3 is 2.85 bits per heavy atom. The van der Waals surface area contributed by atoms with E-state index in [1.165, 1.54) is 0 Å². The quantitative estimate of drug-likeness (QED) is 0.881. The van der Waals surface area contributed by atoms with Gasteiger partial charge in [-0.25, -0.2) is 0 Å². The molecule has 0 fully saturated rings. The third-order valence-electron chi connectivity index (χ3n) is 3.10. The molecule has 4 nitrogen and oxygen atoms in total. The van der Waals surface area contributed by atoms with Crippen molar-refractivity contribution in [3.05, 3.63) is 29.8 Å². The van der Waals surface area contributed by atoms with Crippen LogP contribution in [0.1, 0.15) is 5.56 Å². The van der Waals surface area contributed by atoms with Gasteiger partial charge in [-0.1, -0.05) is 18.2 Å². The average molecular weight is 289 g/mol. The molecule has 0 saturated carbocycles. The third kappa shape index (κ3) is 3.41. The highest BCUT2D eigenvalue weighted by Crippen LogP contribution is 2.27. The minimum absolute atomic E-state index is 0.116. The Labute approximate surface area is 113 Å². The van der Waals surface area contributed by atoms with E-state index in [0.29, 0.717) is 12.2 Å². The topological polar surface area (TPSA) is 58.6 Å². The molecule has 0 aliphatic carbocycles. The van der Waals surface area contributed by atoms with Crippen molar-refractivity contribution in [3.8, 4) is 5.75 Å². The number of aliphatic hydroxyl groups is 1. The molecule has 0 aromatic heterocycles. The molecule has 0 bridgehead atoms. The molecule has 0 spiro atoms. The number of alkyl halides is 3. The highest BCUT2D eigenvalue weighted by molar-refractivity contribution is 5.79. The average Bonchev–Trinajstić information content (AvgIpc) is 2.42. The maximum absolute atomic E-state index is 12.1. The summed E-state index contributed by atoms with van der Waals surface area (Å²) in [5.74, 6) is -0.417. The van der Waals surface area contributed by atoms with Crippen LogP contribution in [0.4, 0.5) is 13.2 Å². The highest BCUT2D eigenvalue weighted by atomic mass is 19.4. The number of nitrogens with one attached hydrogen (secondary N) is 1. The number of rotatable bonds is 3. The molecule has 2 rings (SSSR count). The van der Waals surface area contributed by atoms with Crippen molar-refractivity contribution in [3.63, 3.8) is 0 Å². The van der Waals surface area contributed by atoms with E-state index in [0.717, 1.165) is 5.56 Å². The fourth-order valence-electron chi connectivity index (χ4n) is 1.95. The van der Waals surface area contributed by atoms with Crippen molar-refractivity contribution in [1.82, 2.24) is 5.32 Å². The fraction of sp³-hybridized carbons (Fsp3) is 0.462. The Hall–Kier alpha value is -1.76. The van der Waals surface area contributed by atoms with Gasteiger partial charge in [-0.15, -0.1) is 0 Å². The van der Waals surface area contributed by atoms with Gasteiger partial charge >= 0.3 is 6.18 Å². The smallest absolute Gasteiger partial charge is 0.416 e. The van der Waals surface area contributed by atoms with E-state index in [1.807, 2.05) is 0 Å². The number of aliphatic hydroxyl groups excluding tert-OH is 1. The van der Waals surface area contributed by atoms with Gasteiger partial charge in [0.05, 0.1) is 12.5 Å². The summed E-state index contributed by atoms with van der Waals surface area (Å²) in [6.07, 6.45) is -6.88. The number of hydrogen-bond donors (Lipinski definition) is 2. The lowest BCUT2D eigenvalue weighted by atomic mass is 9.96. The SMILES string of the molecule is O=C(NCC(O)C(F)(F)F)C1COc2ccccc2C1. The molecule has 1 aromatic rings. The van der Waals surface area contributed by atoms with Crippen LogP contribution in [0.5, 0.6) is 5.75 Å². The summed E-state index contributed by atoms with van der Waals surface area (Å²) in [5.41, 5.74) is 0.843. The zero-order valence-electron chi connectivity index (χ0n) is 10.5. The molecule has 2 N–H and O–H groups in total. The standard InChI is InChI=1S/C13H14F3NO3/c14-13(15,16)11(18)6-17-12(19)9-5-8-3-1-2-4-10(8)20-7-9/h1-4,9,11,18H,5-7H2,(H,17,19). The highest BCUT2D eigenvalue weighted by Gasteiger charge is 2.38. The minimum atomic E-state index is -4.73. The summed E-state index contributed by atoms with van der Waals surface area (Å²) in [7, 11) is 0. The number of para-hydroxylation sites is 1. The van der Waals surface area contributed by atoms with Crippen LogP contribution >= 0.6 is 0 Å². The molecule has 20 heavy (non-hydrogen) atoms. The second kappa shape index (κ2) is 5.70. The Kier molecular flexibility index (Phi) is 4.17. The van der Waals surface area contributed by atoms with Gasteiger partial charge in [0.25, 0.3) is 0 Å². The van der Waals surface area contributed by atoms with Crippen LogP contribution < -0.4 is 10.1 Å². The van der Waals surface area contributed by atoms with E-state index in [1.54, 1.807) is 24.3 Å². The van der Waals surface area contributed by atoms with Crippen molar-refractivity contribution >= 4 is 5.91 Å². The van der Waals surface area contributed by atoms with Crippen LogP contribution in [0.3, 0.4) is 0 Å². The Morgan fingerprint density at radius 2 is 2.15 bits per heavy atom. The zero-order chi connectivity index (χ0) is 14.8. The van der Waals surface area contributed by atoms with E-state index >= 15 is 0 Å². The summed E-state index contributed by atoms with van der Waals surface area (Å²) < 4.78 is 41.7. The van der Waals surface area contributed by atoms with E-state index in [9.17, 15) is 18.0 Å². The van der Waals surface area contributed by atoms with Gasteiger partial charge in [-0.2, -0.15) is 13.2 Å². The van der Waals surface area contributed by atoms with Gasteiger partial charge in [0, 0.05) is 0 Å². The van der Waals surface area contributed by atoms with Crippen LogP contribution in [0.2, 0.25) is 0 Å². The summed E-state index contributed by atoms with van der Waals surface area (Å²) >= 11 is 0. The predicted molar refractivity (Wildman–Crippen MR) is 64.2 cm³/mol. The molecule has 1 aliphatic rings. The van der Waals surface area contributed by atoms with E-state index in [2.05, 4.69) is 5.32 Å². The van der Waals surface area contributed by atoms with Crippen molar-refractivity contribution in [2.24, 2.45) is 5.92 Å². The van der Waals surface area contributed by atoms with Gasteiger partial charge in [0.15, 0.2) is 6.10 Å². The number of amides is 1. The van der Waals surface area contributed by atoms with Crippen LogP contribution in [0.15, 0.2) is 24.3 Å². The lowest BCUT2D eigenvalue weighted by Gasteiger charge is -2.25. The van der Waals surface area contributed by atoms with E-state index < -0.39 is 30.7 Å². The van der Waals surface area contributed by atoms with Crippen LogP contribution in [0, 0.1) is 5.92 Å². The molecule has 2 atom stereocenters. The normalized spacial score (nSPS) is 19.7. The monoisotopic (exact) mass is 289 g/mol. The molecule has 0 saturated heterocycles. The molecule has 1 amide bonds. The Morgan fingerprint density at radius 1 is 1.45 bits per heavy atom. The predicted octanol–water partition coefficient (Wildman–Crippen LogP) is 1.28. The fourth-order valence-corrected chi connectivity index (χ4v) is 1.95. The number of fused-ring (bicyclic) bond motifs is 1. The van der Waals surface area contributed by atoms with Crippen molar-refractivity contribution in [1.29, 1.82) is 0 Å². The van der Waals surface area contributed by atoms with E-state index in [-0.39, 0.29) is 6.61 Å². The van der Waals surface area contributed by atoms with Crippen LogP contribution in [-0.4, -0.2) is 36.4 Å². The summed E-state index contributed by atoms with van der Waals surface area (Å²) in [6.45, 7) is -0.731. The van der Waals surface area contributed by atoms with Crippen molar-refractivity contribution in [2.45, 2.75) is 18.7 Å². The van der Waals surface area contributed by atoms with Crippen LogP contribution in [0.25, 0.3) is 0 Å². The molecule has 0 radical (unpaired) electrons. The summed E-state index contributed by atoms with van der Waals surface area (Å²) in [5, 5.41) is 10.9. The molecule has 1 heterocycles. The number of benzene rings is 1. The minimum Gasteiger partial charge on any atom is -0.492 e. The second-order valence-corrected chi connectivity index (χ2v) is 4.62. The lowest BCUT2D eigenvalue weighted by molar-refractivity contribution is -0.202. The number of halogens is 3. The maximum atomic E-state index is 12.1. The van der Waals surface area contributed by atoms with Crippen LogP contribution in [-0.2, 0) is 11.2 Å². The first-order chi connectivity index (χ1) is 9.38. The van der Waals surface area contributed by atoms with Crippen molar-refractivity contribution < 1.29 is 27.8 Å². The molecule has 110 valence electrons. The van der Waals surface area contributed by atoms with Gasteiger partial charge < -0.3 is 15.2 Å². The Balaban J connectivity index is 1.89. The summed E-state index contributed by atoms with van der Waals surface area (Å²) in [4.78, 5) is 11.8. The number of hydrogen-bond acceptors (Lipinski definition) is 3. The first kappa shape index (κ1) is 14.6. The second-order valence-electron chi connectivity index (χ2n) is 4.62. The molecule has 2 unspecified atom stereocenters. The Bertz CT molecular complexity index is 490.